The highest BCUT2D eigenvalue weighted by Crippen LogP contribution is 2.39. The summed E-state index contributed by atoms with van der Waals surface area (Å²) in [6, 6.07) is 0. The molecule has 0 radical (unpaired) electrons. The van der Waals surface area contributed by atoms with Crippen LogP contribution in [0.4, 0.5) is 0 Å². The molecule has 2 unspecified atom stereocenters. The molecule has 0 bridgehead atoms. The molecule has 0 aliphatic heterocycles. The molecule has 2 aliphatic rings. The fourth-order valence-electron chi connectivity index (χ4n) is 3.05. The minimum atomic E-state index is -0.257. The van der Waals surface area contributed by atoms with Crippen molar-refractivity contribution in [2.24, 2.45) is 11.8 Å². The third-order valence-electron chi connectivity index (χ3n) is 4.14. The van der Waals surface area contributed by atoms with E-state index in [0.717, 1.165) is 38.5 Å². The number of aliphatic hydroxyl groups excluding tert-OH is 4. The second-order valence-electron chi connectivity index (χ2n) is 5.37. The van der Waals surface area contributed by atoms with Gasteiger partial charge in [0.2, 0.25) is 0 Å². The van der Waals surface area contributed by atoms with Crippen molar-refractivity contribution in [3.63, 3.8) is 0 Å². The minimum absolute atomic E-state index is 0.0127. The Bertz CT molecular complexity index is 334. The Balaban J connectivity index is 2.27. The predicted molar refractivity (Wildman–Crippen MR) is 68.5 cm³/mol. The van der Waals surface area contributed by atoms with Crippen LogP contribution in [0.2, 0.25) is 0 Å². The minimum Gasteiger partial charge on any atom is -0.509 e. The van der Waals surface area contributed by atoms with Crippen LogP contribution in [0.25, 0.3) is 0 Å². The smallest absolute Gasteiger partial charge is 0.133 e. The van der Waals surface area contributed by atoms with Gasteiger partial charge in [-0.2, -0.15) is 0 Å². The Morgan fingerprint density at radius 1 is 0.611 bits per heavy atom. The molecule has 2 rings (SSSR count). The van der Waals surface area contributed by atoms with Crippen LogP contribution in [0.5, 0.6) is 0 Å². The highest BCUT2D eigenvalue weighted by molar-refractivity contribution is 5.14. The maximum atomic E-state index is 10.1. The van der Waals surface area contributed by atoms with Gasteiger partial charge in [0.1, 0.15) is 23.0 Å². The third-order valence-corrected chi connectivity index (χ3v) is 4.14. The molecule has 2 aliphatic carbocycles. The van der Waals surface area contributed by atoms with E-state index in [1.54, 1.807) is 0 Å². The maximum Gasteiger partial charge on any atom is 0.133 e. The van der Waals surface area contributed by atoms with Crippen molar-refractivity contribution in [3.8, 4) is 0 Å². The Hall–Kier alpha value is -1.32. The zero-order chi connectivity index (χ0) is 13.1. The zero-order valence-electron chi connectivity index (χ0n) is 10.6. The molecular weight excluding hydrogens is 232 g/mol. The number of hydrogen-bond acceptors (Lipinski definition) is 4. The summed E-state index contributed by atoms with van der Waals surface area (Å²) in [5.41, 5.74) is 0. The van der Waals surface area contributed by atoms with E-state index >= 15 is 0 Å². The number of allylic oxidation sites excluding steroid dienone is 4. The van der Waals surface area contributed by atoms with Crippen molar-refractivity contribution in [1.82, 2.24) is 0 Å². The van der Waals surface area contributed by atoms with Crippen LogP contribution in [0.15, 0.2) is 23.0 Å². The number of rotatable bonds is 1. The summed E-state index contributed by atoms with van der Waals surface area (Å²) in [7, 11) is 0. The SMILES string of the molecule is OC1=C(O)C(C2CCCCC(O)=C2O)CCCC1. The largest absolute Gasteiger partial charge is 0.509 e. The Morgan fingerprint density at radius 2 is 1.00 bits per heavy atom. The first-order chi connectivity index (χ1) is 8.61. The molecule has 18 heavy (non-hydrogen) atoms. The Labute approximate surface area is 107 Å². The third kappa shape index (κ3) is 2.57. The van der Waals surface area contributed by atoms with E-state index in [-0.39, 0.29) is 34.9 Å². The van der Waals surface area contributed by atoms with Crippen LogP contribution in [0.3, 0.4) is 0 Å². The molecule has 0 aromatic heterocycles. The summed E-state index contributed by atoms with van der Waals surface area (Å²) in [4.78, 5) is 0. The normalized spacial score (nSPS) is 31.1. The molecule has 0 aromatic rings. The predicted octanol–water partition coefficient (Wildman–Crippen LogP) is 4.02. The average molecular weight is 254 g/mol. The second kappa shape index (κ2) is 5.55. The van der Waals surface area contributed by atoms with Crippen molar-refractivity contribution in [3.05, 3.63) is 23.0 Å². The molecule has 0 spiro atoms. The molecule has 0 saturated carbocycles. The van der Waals surface area contributed by atoms with Crippen LogP contribution in [-0.2, 0) is 0 Å². The van der Waals surface area contributed by atoms with Gasteiger partial charge in [-0.05, 0) is 25.7 Å². The van der Waals surface area contributed by atoms with E-state index in [0.29, 0.717) is 12.8 Å². The molecule has 4 nitrogen and oxygen atoms in total. The van der Waals surface area contributed by atoms with E-state index in [1.807, 2.05) is 0 Å². The summed E-state index contributed by atoms with van der Waals surface area (Å²) >= 11 is 0. The van der Waals surface area contributed by atoms with Crippen molar-refractivity contribution in [2.75, 3.05) is 0 Å². The van der Waals surface area contributed by atoms with Gasteiger partial charge in [-0.3, -0.25) is 0 Å². The first-order valence-electron chi connectivity index (χ1n) is 6.83. The summed E-state index contributed by atoms with van der Waals surface area (Å²) < 4.78 is 0. The standard InChI is InChI=1S/C14H22O4/c15-11-7-3-1-5-9(13(11)17)10-6-2-4-8-12(16)14(10)18/h9-10,15-18H,1-8H2. The van der Waals surface area contributed by atoms with Gasteiger partial charge in [-0.25, -0.2) is 0 Å². The van der Waals surface area contributed by atoms with Gasteiger partial charge < -0.3 is 20.4 Å². The lowest BCUT2D eigenvalue weighted by Gasteiger charge is -2.25. The fourth-order valence-corrected chi connectivity index (χ4v) is 3.05. The monoisotopic (exact) mass is 254 g/mol. The molecule has 0 heterocycles. The molecule has 4 N–H and O–H groups in total. The topological polar surface area (TPSA) is 80.9 Å². The summed E-state index contributed by atoms with van der Waals surface area (Å²) in [6.07, 6.45) is 6.06. The zero-order valence-corrected chi connectivity index (χ0v) is 10.6. The molecule has 0 fully saturated rings. The lowest BCUT2D eigenvalue weighted by Crippen LogP contribution is -2.20. The molecule has 4 heteroatoms. The van der Waals surface area contributed by atoms with Crippen LogP contribution >= 0.6 is 0 Å². The van der Waals surface area contributed by atoms with Gasteiger partial charge in [-0.15, -0.1) is 0 Å². The van der Waals surface area contributed by atoms with Gasteiger partial charge in [0.15, 0.2) is 0 Å². The van der Waals surface area contributed by atoms with Crippen LogP contribution < -0.4 is 0 Å². The summed E-state index contributed by atoms with van der Waals surface area (Å²) in [6.45, 7) is 0. The molecule has 0 saturated heterocycles. The van der Waals surface area contributed by atoms with E-state index in [1.165, 1.54) is 0 Å². The van der Waals surface area contributed by atoms with E-state index in [4.69, 9.17) is 0 Å². The van der Waals surface area contributed by atoms with Crippen LogP contribution in [0.1, 0.15) is 51.4 Å². The highest BCUT2D eigenvalue weighted by Gasteiger charge is 2.33. The van der Waals surface area contributed by atoms with E-state index < -0.39 is 0 Å². The van der Waals surface area contributed by atoms with Gasteiger partial charge >= 0.3 is 0 Å². The second-order valence-corrected chi connectivity index (χ2v) is 5.37. The lowest BCUT2D eigenvalue weighted by atomic mass is 9.83. The van der Waals surface area contributed by atoms with Crippen molar-refractivity contribution >= 4 is 0 Å². The lowest BCUT2D eigenvalue weighted by molar-refractivity contribution is 0.184. The van der Waals surface area contributed by atoms with Gasteiger partial charge in [0, 0.05) is 24.7 Å². The first kappa shape index (κ1) is 13.1. The molecule has 102 valence electrons. The summed E-state index contributed by atoms with van der Waals surface area (Å²) in [5.74, 6) is -0.388. The van der Waals surface area contributed by atoms with Crippen LogP contribution in [0, 0.1) is 11.8 Å². The maximum absolute atomic E-state index is 10.1. The van der Waals surface area contributed by atoms with Gasteiger partial charge in [0.05, 0.1) is 0 Å². The highest BCUT2D eigenvalue weighted by atomic mass is 16.3. The van der Waals surface area contributed by atoms with E-state index in [2.05, 4.69) is 0 Å². The number of aliphatic hydroxyl groups is 4. The average Bonchev–Trinajstić information content (AvgIpc) is 2.61. The Kier molecular flexibility index (Phi) is 4.04. The van der Waals surface area contributed by atoms with Crippen molar-refractivity contribution in [1.29, 1.82) is 0 Å². The van der Waals surface area contributed by atoms with Crippen molar-refractivity contribution < 1.29 is 20.4 Å². The molecule has 0 aromatic carbocycles. The van der Waals surface area contributed by atoms with Gasteiger partial charge in [-0.1, -0.05) is 12.8 Å². The molecule has 0 amide bonds. The molecule has 2 atom stereocenters. The van der Waals surface area contributed by atoms with Gasteiger partial charge in [0.25, 0.3) is 0 Å². The van der Waals surface area contributed by atoms with E-state index in [9.17, 15) is 20.4 Å². The Morgan fingerprint density at radius 3 is 1.39 bits per heavy atom. The quantitative estimate of drug-likeness (QED) is 0.569. The summed E-state index contributed by atoms with van der Waals surface area (Å²) in [5, 5.41) is 39.7. The fraction of sp³-hybridized carbons (Fsp3) is 0.714. The first-order valence-corrected chi connectivity index (χ1v) is 6.83. The number of hydrogen-bond donors (Lipinski definition) is 4. The van der Waals surface area contributed by atoms with Crippen molar-refractivity contribution in [2.45, 2.75) is 51.4 Å². The van der Waals surface area contributed by atoms with Crippen LogP contribution in [-0.4, -0.2) is 20.4 Å². The molecular formula is C14H22O4.